The number of hydrogen-bond acceptors (Lipinski definition) is 3. The molecule has 1 saturated heterocycles. The molecule has 0 radical (unpaired) electrons. The van der Waals surface area contributed by atoms with Gasteiger partial charge in [0.2, 0.25) is 0 Å². The molecule has 2 N–H and O–H groups in total. The first-order valence-corrected chi connectivity index (χ1v) is 7.04. The lowest BCUT2D eigenvalue weighted by Gasteiger charge is -2.36. The summed E-state index contributed by atoms with van der Waals surface area (Å²) in [5.41, 5.74) is 2.19. The molecule has 0 amide bonds. The number of halogens is 2. The molecule has 0 aromatic heterocycles. The predicted octanol–water partition coefficient (Wildman–Crippen LogP) is 2.27. The SMILES string of the molecule is Cc1ccc(F)cc1[C@@H](CCCO)N1CCNCC1.Cl. The smallest absolute Gasteiger partial charge is 0.123 e. The van der Waals surface area contributed by atoms with Crippen molar-refractivity contribution in [3.05, 3.63) is 35.1 Å². The fraction of sp³-hybridized carbons (Fsp3) is 0.600. The van der Waals surface area contributed by atoms with Gasteiger partial charge in [-0.2, -0.15) is 0 Å². The summed E-state index contributed by atoms with van der Waals surface area (Å²) in [4.78, 5) is 2.40. The molecule has 20 heavy (non-hydrogen) atoms. The average molecular weight is 303 g/mol. The Morgan fingerprint density at radius 2 is 2.05 bits per heavy atom. The maximum Gasteiger partial charge on any atom is 0.123 e. The van der Waals surface area contributed by atoms with Gasteiger partial charge in [-0.05, 0) is 43.0 Å². The highest BCUT2D eigenvalue weighted by molar-refractivity contribution is 5.85. The minimum atomic E-state index is -0.176. The van der Waals surface area contributed by atoms with Crippen molar-refractivity contribution < 1.29 is 9.50 Å². The molecule has 1 aromatic rings. The first kappa shape index (κ1) is 17.4. The maximum absolute atomic E-state index is 13.5. The van der Waals surface area contributed by atoms with Crippen LogP contribution in [0.5, 0.6) is 0 Å². The number of piperazine rings is 1. The minimum Gasteiger partial charge on any atom is -0.396 e. The predicted molar refractivity (Wildman–Crippen MR) is 81.9 cm³/mol. The first-order valence-electron chi connectivity index (χ1n) is 7.04. The zero-order valence-corrected chi connectivity index (χ0v) is 12.8. The lowest BCUT2D eigenvalue weighted by Crippen LogP contribution is -2.45. The number of nitrogens with one attached hydrogen (secondary N) is 1. The number of nitrogens with zero attached hydrogens (tertiary/aromatic N) is 1. The Kier molecular flexibility index (Phi) is 7.45. The molecule has 1 heterocycles. The van der Waals surface area contributed by atoms with E-state index in [1.807, 2.05) is 13.0 Å². The highest BCUT2D eigenvalue weighted by Gasteiger charge is 2.23. The Hall–Kier alpha value is -0.680. The van der Waals surface area contributed by atoms with Crippen molar-refractivity contribution in [1.29, 1.82) is 0 Å². The van der Waals surface area contributed by atoms with Crippen LogP contribution < -0.4 is 5.32 Å². The maximum atomic E-state index is 13.5. The van der Waals surface area contributed by atoms with Crippen LogP contribution in [-0.2, 0) is 0 Å². The van der Waals surface area contributed by atoms with Crippen molar-refractivity contribution in [2.75, 3.05) is 32.8 Å². The normalized spacial score (nSPS) is 17.6. The van der Waals surface area contributed by atoms with Crippen LogP contribution in [0.1, 0.15) is 30.0 Å². The van der Waals surface area contributed by atoms with Crippen molar-refractivity contribution in [3.63, 3.8) is 0 Å². The largest absolute Gasteiger partial charge is 0.396 e. The van der Waals surface area contributed by atoms with E-state index >= 15 is 0 Å². The van der Waals surface area contributed by atoms with Gasteiger partial charge in [-0.25, -0.2) is 4.39 Å². The third-order valence-corrected chi connectivity index (χ3v) is 3.83. The van der Waals surface area contributed by atoms with Gasteiger partial charge in [0.25, 0.3) is 0 Å². The summed E-state index contributed by atoms with van der Waals surface area (Å²) in [6.07, 6.45) is 1.63. The van der Waals surface area contributed by atoms with Crippen LogP contribution in [-0.4, -0.2) is 42.8 Å². The van der Waals surface area contributed by atoms with Gasteiger partial charge in [0.15, 0.2) is 0 Å². The molecule has 1 atom stereocenters. The van der Waals surface area contributed by atoms with Crippen LogP contribution in [0.3, 0.4) is 0 Å². The molecule has 3 nitrogen and oxygen atoms in total. The van der Waals surface area contributed by atoms with Gasteiger partial charge < -0.3 is 10.4 Å². The number of aryl methyl sites for hydroxylation is 1. The summed E-state index contributed by atoms with van der Waals surface area (Å²) in [6, 6.07) is 5.22. The van der Waals surface area contributed by atoms with Gasteiger partial charge in [0.05, 0.1) is 0 Å². The van der Waals surface area contributed by atoms with Crippen LogP contribution in [0.15, 0.2) is 18.2 Å². The van der Waals surface area contributed by atoms with E-state index in [4.69, 9.17) is 5.11 Å². The lowest BCUT2D eigenvalue weighted by atomic mass is 9.95. The van der Waals surface area contributed by atoms with Crippen LogP contribution >= 0.6 is 12.4 Å². The van der Waals surface area contributed by atoms with Crippen molar-refractivity contribution in [1.82, 2.24) is 10.2 Å². The molecule has 0 aliphatic carbocycles. The summed E-state index contributed by atoms with van der Waals surface area (Å²) < 4.78 is 13.5. The Morgan fingerprint density at radius 3 is 2.70 bits per heavy atom. The molecule has 5 heteroatoms. The molecule has 0 saturated carbocycles. The molecule has 0 unspecified atom stereocenters. The first-order chi connectivity index (χ1) is 9.22. The second-order valence-corrected chi connectivity index (χ2v) is 5.17. The van der Waals surface area contributed by atoms with E-state index in [-0.39, 0.29) is 30.9 Å². The Morgan fingerprint density at radius 1 is 1.35 bits per heavy atom. The molecule has 1 aromatic carbocycles. The third-order valence-electron chi connectivity index (χ3n) is 3.83. The van der Waals surface area contributed by atoms with Crippen LogP contribution in [0.2, 0.25) is 0 Å². The number of aliphatic hydroxyl groups is 1. The average Bonchev–Trinajstić information content (AvgIpc) is 2.44. The molecule has 1 aliphatic rings. The Labute approximate surface area is 126 Å². The second kappa shape index (κ2) is 8.57. The van der Waals surface area contributed by atoms with Gasteiger partial charge in [0.1, 0.15) is 5.82 Å². The molecule has 0 spiro atoms. The van der Waals surface area contributed by atoms with E-state index < -0.39 is 0 Å². The fourth-order valence-electron chi connectivity index (χ4n) is 2.78. The molecule has 114 valence electrons. The Balaban J connectivity index is 0.00000200. The molecule has 1 aliphatic heterocycles. The van der Waals surface area contributed by atoms with Gasteiger partial charge in [-0.15, -0.1) is 12.4 Å². The van der Waals surface area contributed by atoms with Crippen molar-refractivity contribution in [2.45, 2.75) is 25.8 Å². The molecule has 2 rings (SSSR count). The van der Waals surface area contributed by atoms with Crippen LogP contribution in [0, 0.1) is 12.7 Å². The minimum absolute atomic E-state index is 0. The molecular weight excluding hydrogens is 279 g/mol. The topological polar surface area (TPSA) is 35.5 Å². The Bertz CT molecular complexity index is 411. The zero-order chi connectivity index (χ0) is 13.7. The van der Waals surface area contributed by atoms with E-state index in [9.17, 15) is 4.39 Å². The number of aliphatic hydroxyl groups excluding tert-OH is 1. The van der Waals surface area contributed by atoms with Crippen LogP contribution in [0.25, 0.3) is 0 Å². The van der Waals surface area contributed by atoms with Crippen molar-refractivity contribution in [3.8, 4) is 0 Å². The van der Waals surface area contributed by atoms with Crippen molar-refractivity contribution >= 4 is 12.4 Å². The fourth-order valence-corrected chi connectivity index (χ4v) is 2.78. The number of rotatable bonds is 5. The van der Waals surface area contributed by atoms with E-state index in [2.05, 4.69) is 10.2 Å². The summed E-state index contributed by atoms with van der Waals surface area (Å²) in [5.74, 6) is -0.176. The lowest BCUT2D eigenvalue weighted by molar-refractivity contribution is 0.154. The van der Waals surface area contributed by atoms with Crippen LogP contribution in [0.4, 0.5) is 4.39 Å². The number of benzene rings is 1. The molecular formula is C15H24ClFN2O. The highest BCUT2D eigenvalue weighted by Crippen LogP contribution is 2.29. The van der Waals surface area contributed by atoms with E-state index in [0.29, 0.717) is 0 Å². The van der Waals surface area contributed by atoms with Gasteiger partial charge in [-0.1, -0.05) is 6.07 Å². The van der Waals surface area contributed by atoms with Gasteiger partial charge in [0, 0.05) is 38.8 Å². The zero-order valence-electron chi connectivity index (χ0n) is 11.9. The van der Waals surface area contributed by atoms with E-state index in [0.717, 1.165) is 50.1 Å². The number of hydrogen-bond donors (Lipinski definition) is 2. The van der Waals surface area contributed by atoms with Crippen molar-refractivity contribution in [2.24, 2.45) is 0 Å². The quantitative estimate of drug-likeness (QED) is 0.876. The second-order valence-electron chi connectivity index (χ2n) is 5.17. The summed E-state index contributed by atoms with van der Waals surface area (Å²) in [7, 11) is 0. The van der Waals surface area contributed by atoms with Gasteiger partial charge >= 0.3 is 0 Å². The summed E-state index contributed by atoms with van der Waals surface area (Å²) >= 11 is 0. The molecule has 1 fully saturated rings. The summed E-state index contributed by atoms with van der Waals surface area (Å²) in [5, 5.41) is 12.4. The monoisotopic (exact) mass is 302 g/mol. The van der Waals surface area contributed by atoms with Gasteiger partial charge in [-0.3, -0.25) is 4.90 Å². The van der Waals surface area contributed by atoms with E-state index in [1.54, 1.807) is 6.07 Å². The van der Waals surface area contributed by atoms with E-state index in [1.165, 1.54) is 6.07 Å². The standard InChI is InChI=1S/C15H23FN2O.ClH/c1-12-4-5-13(16)11-14(12)15(3-2-10-19)18-8-6-17-7-9-18;/h4-5,11,15,17,19H,2-3,6-10H2,1H3;1H/t15-;/m1./s1. The third kappa shape index (κ3) is 4.42. The summed E-state index contributed by atoms with van der Waals surface area (Å²) in [6.45, 7) is 6.13. The molecule has 0 bridgehead atoms. The highest BCUT2D eigenvalue weighted by atomic mass is 35.5.